The maximum atomic E-state index is 15.0. The van der Waals surface area contributed by atoms with Crippen LogP contribution in [0.4, 0.5) is 0 Å². The summed E-state index contributed by atoms with van der Waals surface area (Å²) in [7, 11) is 3.29. The van der Waals surface area contributed by atoms with Crippen molar-refractivity contribution >= 4 is 63.3 Å². The van der Waals surface area contributed by atoms with Gasteiger partial charge in [-0.3, -0.25) is 18.7 Å². The second-order valence-corrected chi connectivity index (χ2v) is 21.2. The number of oxazole rings is 2. The number of fused-ring (bicyclic) bond motifs is 6. The van der Waals surface area contributed by atoms with Gasteiger partial charge in [0.05, 0.1) is 59.6 Å². The number of methoxy groups -OCH3 is 2. The van der Waals surface area contributed by atoms with Crippen molar-refractivity contribution in [2.75, 3.05) is 14.2 Å². The van der Waals surface area contributed by atoms with Crippen LogP contribution in [0.5, 0.6) is 23.0 Å². The molecule has 3 aliphatic rings. The summed E-state index contributed by atoms with van der Waals surface area (Å²) in [5.41, 5.74) is 4.96. The number of phenolic OH excluding ortho intramolecular Hbond substituents is 2. The van der Waals surface area contributed by atoms with Gasteiger partial charge in [-0.1, -0.05) is 38.1 Å². The number of hydrogen-bond acceptors (Lipinski definition) is 13. The molecule has 3 fully saturated rings. The first-order valence-corrected chi connectivity index (χ1v) is 25.3. The quantitative estimate of drug-likeness (QED) is 0.105. The Balaban J connectivity index is 0.897. The fourth-order valence-electron chi connectivity index (χ4n) is 10.4. The lowest BCUT2D eigenvalue weighted by Gasteiger charge is -2.15. The summed E-state index contributed by atoms with van der Waals surface area (Å²) in [6, 6.07) is 19.5. The Kier molecular flexibility index (Phi) is 9.86. The third kappa shape index (κ3) is 6.93. The van der Waals surface area contributed by atoms with E-state index in [2.05, 4.69) is 15.6 Å². The molecule has 0 saturated heterocycles. The van der Waals surface area contributed by atoms with Gasteiger partial charge < -0.3 is 28.5 Å². The van der Waals surface area contributed by atoms with Crippen LogP contribution in [0, 0.1) is 0 Å². The Bertz CT molecular complexity index is 3890. The molecule has 4 aromatic carbocycles. The van der Waals surface area contributed by atoms with Crippen LogP contribution in [0.2, 0.25) is 0 Å². The standard InChI is InChI=1S/C54H46N6O8S2/c1-26(2)33-13-15-37-43-51(69-47(37)45(33)61)56-49(35-11-9-29(65-3)17-39(35)28-7-8-28)60(54(43)64)23-32-21-58(25-68-32)42-19-41(42)40-18-30(66-4)10-12-36(40)50-57-52-44(53(63)59(50)22-31-20-55-24-67-31)38-16-14-34(27-5-6-27)46(62)48(38)70-52/h9-18,20-21,24-28,41-42H,5-8,19,22-23H2,1-4H3,(H-,61,62)/p+1. The highest BCUT2D eigenvalue weighted by Crippen LogP contribution is 2.53. The monoisotopic (exact) mass is 971 g/mol. The van der Waals surface area contributed by atoms with E-state index >= 15 is 4.79 Å². The summed E-state index contributed by atoms with van der Waals surface area (Å²) >= 11 is 2.68. The zero-order chi connectivity index (χ0) is 47.7. The molecule has 0 radical (unpaired) electrons. The second-order valence-electron chi connectivity index (χ2n) is 19.2. The molecule has 6 aromatic heterocycles. The maximum absolute atomic E-state index is 15.0. The minimum atomic E-state index is -0.238. The normalized spacial score (nSPS) is 16.9. The van der Waals surface area contributed by atoms with Crippen LogP contribution in [0.25, 0.3) is 63.4 Å². The van der Waals surface area contributed by atoms with Crippen molar-refractivity contribution in [2.24, 2.45) is 0 Å². The van der Waals surface area contributed by atoms with Crippen LogP contribution in [0.3, 0.4) is 0 Å². The van der Waals surface area contributed by atoms with Crippen molar-refractivity contribution in [1.29, 1.82) is 0 Å². The number of aromatic hydroxyl groups is 2. The lowest BCUT2D eigenvalue weighted by molar-refractivity contribution is -0.704. The highest BCUT2D eigenvalue weighted by molar-refractivity contribution is 7.26. The van der Waals surface area contributed by atoms with Crippen LogP contribution < -0.4 is 25.2 Å². The van der Waals surface area contributed by atoms with Gasteiger partial charge in [-0.15, -0.1) is 22.7 Å². The molecule has 0 amide bonds. The Hall–Kier alpha value is -7.30. The largest absolute Gasteiger partial charge is 0.506 e. The van der Waals surface area contributed by atoms with E-state index in [0.29, 0.717) is 81.4 Å². The number of thiophene rings is 2. The summed E-state index contributed by atoms with van der Waals surface area (Å²) in [6.45, 7) is 4.29. The number of phenols is 2. The smallest absolute Gasteiger partial charge is 0.334 e. The molecule has 0 aliphatic heterocycles. The van der Waals surface area contributed by atoms with Crippen LogP contribution in [0.15, 0.2) is 104 Å². The van der Waals surface area contributed by atoms with Crippen molar-refractivity contribution in [2.45, 2.75) is 88.8 Å². The third-order valence-electron chi connectivity index (χ3n) is 14.5. The number of nitrogens with zero attached hydrogens (tertiary/aromatic N) is 6. The molecule has 3 aliphatic carbocycles. The molecule has 3 saturated carbocycles. The lowest BCUT2D eigenvalue weighted by atomic mass is 10.0. The molecule has 16 heteroatoms. The minimum absolute atomic E-state index is 0.0169. The average Bonchev–Trinajstić information content (AvgIpc) is 4.34. The highest BCUT2D eigenvalue weighted by atomic mass is 32.1. The molecule has 0 spiro atoms. The highest BCUT2D eigenvalue weighted by Gasteiger charge is 2.49. The second kappa shape index (κ2) is 16.1. The van der Waals surface area contributed by atoms with Crippen molar-refractivity contribution in [3.63, 3.8) is 0 Å². The molecule has 13 rings (SSSR count). The molecule has 6 heterocycles. The molecule has 2 unspecified atom stereocenters. The van der Waals surface area contributed by atoms with Gasteiger partial charge in [0.1, 0.15) is 50.1 Å². The average molecular weight is 972 g/mol. The van der Waals surface area contributed by atoms with E-state index in [4.69, 9.17) is 28.3 Å². The van der Waals surface area contributed by atoms with E-state index in [-0.39, 0.29) is 53.6 Å². The maximum Gasteiger partial charge on any atom is 0.334 e. The Morgan fingerprint density at radius 2 is 1.31 bits per heavy atom. The van der Waals surface area contributed by atoms with Crippen molar-refractivity contribution in [1.82, 2.24) is 24.1 Å². The number of ether oxygens (including phenoxy) is 2. The number of aromatic nitrogens is 6. The van der Waals surface area contributed by atoms with Gasteiger partial charge in [0.25, 0.3) is 11.1 Å². The fourth-order valence-corrected chi connectivity index (χ4v) is 12.6. The predicted octanol–water partition coefficient (Wildman–Crippen LogP) is 10.9. The molecular weight excluding hydrogens is 925 g/mol. The van der Waals surface area contributed by atoms with Gasteiger partial charge in [-0.2, -0.15) is 4.57 Å². The van der Waals surface area contributed by atoms with Crippen LogP contribution in [0.1, 0.15) is 109 Å². The van der Waals surface area contributed by atoms with E-state index in [9.17, 15) is 15.0 Å². The van der Waals surface area contributed by atoms with E-state index in [1.165, 1.54) is 29.1 Å². The van der Waals surface area contributed by atoms with Gasteiger partial charge in [0.2, 0.25) is 6.20 Å². The van der Waals surface area contributed by atoms with Gasteiger partial charge in [-0.05, 0) is 102 Å². The number of rotatable bonds is 13. The molecule has 2 N–H and O–H groups in total. The Labute approximate surface area is 407 Å². The summed E-state index contributed by atoms with van der Waals surface area (Å²) in [6.07, 6.45) is 11.5. The van der Waals surface area contributed by atoms with Gasteiger partial charge in [0, 0.05) is 28.3 Å². The van der Waals surface area contributed by atoms with Gasteiger partial charge in [-0.25, -0.2) is 15.0 Å². The van der Waals surface area contributed by atoms with Crippen molar-refractivity contribution < 1.29 is 33.1 Å². The number of benzene rings is 4. The van der Waals surface area contributed by atoms with E-state index < -0.39 is 0 Å². The summed E-state index contributed by atoms with van der Waals surface area (Å²) in [5.74, 6) is 4.65. The van der Waals surface area contributed by atoms with Gasteiger partial charge in [0.15, 0.2) is 18.2 Å². The van der Waals surface area contributed by atoms with E-state index in [1.54, 1.807) is 35.9 Å². The zero-order valence-corrected chi connectivity index (χ0v) is 40.4. The summed E-state index contributed by atoms with van der Waals surface area (Å²) in [5, 5.41) is 25.2. The fraction of sp³-hybridized carbons (Fsp3) is 0.296. The minimum Gasteiger partial charge on any atom is -0.506 e. The van der Waals surface area contributed by atoms with Crippen LogP contribution in [-0.2, 0) is 13.1 Å². The van der Waals surface area contributed by atoms with Gasteiger partial charge >= 0.3 is 6.39 Å². The molecule has 10 aromatic rings. The summed E-state index contributed by atoms with van der Waals surface area (Å²) in [4.78, 5) is 45.6. The first kappa shape index (κ1) is 42.8. The topological polar surface area (TPSA) is 172 Å². The van der Waals surface area contributed by atoms with Crippen molar-refractivity contribution in [3.8, 4) is 45.8 Å². The first-order chi connectivity index (χ1) is 34.1. The number of hydrogen-bond donors (Lipinski definition) is 2. The molecular formula is C54H47N6O8S2+. The SMILES string of the molecule is COc1ccc(-c2nc3sc4c(O)c(C(C)C)ccc4c3c(=O)n2Cc2c[n+](C3CC3c3cc(OC)ccc3-c3nc4sc5c(O)c(C6CC6)ccc5c4c(=O)n3Cc3cnco3)co2)c(C2CC2)c1. The Morgan fingerprint density at radius 3 is 1.91 bits per heavy atom. The van der Waals surface area contributed by atoms with E-state index in [0.717, 1.165) is 71.2 Å². The first-order valence-electron chi connectivity index (χ1n) is 23.7. The molecule has 70 heavy (non-hydrogen) atoms. The van der Waals surface area contributed by atoms with Crippen molar-refractivity contribution in [3.05, 3.63) is 140 Å². The summed E-state index contributed by atoms with van der Waals surface area (Å²) < 4.78 is 30.2. The predicted molar refractivity (Wildman–Crippen MR) is 268 cm³/mol. The molecule has 14 nitrogen and oxygen atoms in total. The molecule has 0 bridgehead atoms. The van der Waals surface area contributed by atoms with Crippen LogP contribution >= 0.6 is 22.7 Å². The molecule has 352 valence electrons. The lowest BCUT2D eigenvalue weighted by Crippen LogP contribution is -2.30. The molecule has 2 atom stereocenters. The Morgan fingerprint density at radius 1 is 0.729 bits per heavy atom. The zero-order valence-electron chi connectivity index (χ0n) is 38.8. The van der Waals surface area contributed by atoms with E-state index in [1.807, 2.05) is 74.6 Å². The third-order valence-corrected chi connectivity index (χ3v) is 16.7. The van der Waals surface area contributed by atoms with Crippen LogP contribution in [-0.4, -0.2) is 48.5 Å².